The summed E-state index contributed by atoms with van der Waals surface area (Å²) < 4.78 is 9.61. The van der Waals surface area contributed by atoms with Crippen molar-refractivity contribution in [1.29, 1.82) is 0 Å². The summed E-state index contributed by atoms with van der Waals surface area (Å²) in [5, 5.41) is 3.61. The second kappa shape index (κ2) is 10.2. The Morgan fingerprint density at radius 1 is 0.967 bits per heavy atom. The van der Waals surface area contributed by atoms with Crippen molar-refractivity contribution >= 4 is 35.0 Å². The molecule has 1 aliphatic heterocycles. The molecule has 1 heterocycles. The van der Waals surface area contributed by atoms with Crippen molar-refractivity contribution in [3.8, 4) is 0 Å². The molecule has 0 radical (unpaired) electrons. The van der Waals surface area contributed by atoms with Gasteiger partial charge < -0.3 is 19.7 Å². The van der Waals surface area contributed by atoms with Crippen molar-refractivity contribution in [3.63, 3.8) is 0 Å². The zero-order valence-corrected chi connectivity index (χ0v) is 17.9. The molecule has 1 N–H and O–H groups in total. The summed E-state index contributed by atoms with van der Waals surface area (Å²) in [6.07, 6.45) is 0. The summed E-state index contributed by atoms with van der Waals surface area (Å²) in [5.74, 6) is -1.00. The number of carbonyl (C=O) groups excluding carboxylic acids is 2. The Morgan fingerprint density at radius 3 is 2.27 bits per heavy atom. The van der Waals surface area contributed by atoms with Crippen LogP contribution in [0.5, 0.6) is 0 Å². The van der Waals surface area contributed by atoms with Crippen molar-refractivity contribution in [3.05, 3.63) is 65.2 Å². The fourth-order valence-electron chi connectivity index (χ4n) is 3.33. The van der Waals surface area contributed by atoms with Gasteiger partial charge in [0.2, 0.25) is 0 Å². The third-order valence-corrected chi connectivity index (χ3v) is 5.36. The van der Waals surface area contributed by atoms with Crippen molar-refractivity contribution in [2.45, 2.75) is 6.54 Å². The quantitative estimate of drug-likeness (QED) is 0.577. The predicted octanol–water partition coefficient (Wildman–Crippen LogP) is 2.77. The van der Waals surface area contributed by atoms with Crippen molar-refractivity contribution in [1.82, 2.24) is 9.80 Å². The van der Waals surface area contributed by atoms with E-state index < -0.39 is 11.9 Å². The number of esters is 2. The topological polar surface area (TPSA) is 71.1 Å². The van der Waals surface area contributed by atoms with Crippen molar-refractivity contribution < 1.29 is 19.1 Å². The Bertz CT molecular complexity index is 912. The van der Waals surface area contributed by atoms with Gasteiger partial charge in [0.1, 0.15) is 0 Å². The van der Waals surface area contributed by atoms with Crippen LogP contribution in [0.1, 0.15) is 26.3 Å². The van der Waals surface area contributed by atoms with E-state index in [0.29, 0.717) is 21.9 Å². The number of nitrogens with one attached hydrogen (secondary N) is 1. The van der Waals surface area contributed by atoms with Gasteiger partial charge in [-0.3, -0.25) is 4.90 Å². The van der Waals surface area contributed by atoms with E-state index >= 15 is 0 Å². The molecule has 0 aromatic heterocycles. The summed E-state index contributed by atoms with van der Waals surface area (Å²) in [7, 11) is 2.62. The van der Waals surface area contributed by atoms with Gasteiger partial charge in [-0.2, -0.15) is 0 Å². The largest absolute Gasteiger partial charge is 0.465 e. The van der Waals surface area contributed by atoms with Gasteiger partial charge >= 0.3 is 11.9 Å². The number of piperazine rings is 1. The number of ether oxygens (including phenoxy) is 2. The Balaban J connectivity index is 1.65. The Kier molecular flexibility index (Phi) is 7.37. The van der Waals surface area contributed by atoms with Crippen LogP contribution in [0.2, 0.25) is 0 Å². The number of thiocarbonyl (C=S) groups is 1. The zero-order valence-electron chi connectivity index (χ0n) is 17.1. The first-order valence-electron chi connectivity index (χ1n) is 9.64. The molecule has 0 bridgehead atoms. The fraction of sp³-hybridized carbons (Fsp3) is 0.318. The maximum absolute atomic E-state index is 12.1. The maximum atomic E-state index is 12.1. The lowest BCUT2D eigenvalue weighted by molar-refractivity contribution is 0.0587. The molecule has 30 heavy (non-hydrogen) atoms. The van der Waals surface area contributed by atoms with Gasteiger partial charge in [-0.25, -0.2) is 9.59 Å². The van der Waals surface area contributed by atoms with Gasteiger partial charge in [-0.15, -0.1) is 0 Å². The highest BCUT2D eigenvalue weighted by Gasteiger charge is 2.21. The summed E-state index contributed by atoms with van der Waals surface area (Å²) in [6.45, 7) is 4.19. The number of anilines is 1. The minimum atomic E-state index is -0.510. The van der Waals surface area contributed by atoms with Crippen LogP contribution in [0.15, 0.2) is 48.5 Å². The van der Waals surface area contributed by atoms with Crippen LogP contribution in [0, 0.1) is 0 Å². The molecular weight excluding hydrogens is 402 g/mol. The molecular formula is C22H25N3O4S. The first-order chi connectivity index (χ1) is 14.5. The van der Waals surface area contributed by atoms with Gasteiger partial charge in [-0.1, -0.05) is 30.3 Å². The van der Waals surface area contributed by atoms with Gasteiger partial charge in [-0.05, 0) is 36.0 Å². The molecule has 8 heteroatoms. The van der Waals surface area contributed by atoms with Crippen molar-refractivity contribution in [2.24, 2.45) is 0 Å². The number of hydrogen-bond acceptors (Lipinski definition) is 6. The lowest BCUT2D eigenvalue weighted by atomic mass is 10.1. The maximum Gasteiger partial charge on any atom is 0.339 e. The molecule has 0 amide bonds. The van der Waals surface area contributed by atoms with Crippen LogP contribution in [0.4, 0.5) is 5.69 Å². The summed E-state index contributed by atoms with van der Waals surface area (Å²) in [6, 6.07) is 15.0. The van der Waals surface area contributed by atoms with Crippen molar-refractivity contribution in [2.75, 3.05) is 45.7 Å². The highest BCUT2D eigenvalue weighted by atomic mass is 32.1. The molecule has 7 nitrogen and oxygen atoms in total. The fourth-order valence-corrected chi connectivity index (χ4v) is 3.62. The molecule has 2 aromatic rings. The molecule has 0 saturated carbocycles. The third-order valence-electron chi connectivity index (χ3n) is 5.00. The van der Waals surface area contributed by atoms with E-state index in [0.717, 1.165) is 32.7 Å². The number of benzene rings is 2. The highest BCUT2D eigenvalue weighted by Crippen LogP contribution is 2.21. The average Bonchev–Trinajstić information content (AvgIpc) is 2.79. The van der Waals surface area contributed by atoms with Gasteiger partial charge in [0.05, 0.1) is 31.0 Å². The van der Waals surface area contributed by atoms with E-state index in [1.165, 1.54) is 31.9 Å². The number of hydrogen-bond donors (Lipinski definition) is 1. The van der Waals surface area contributed by atoms with E-state index in [9.17, 15) is 9.59 Å². The summed E-state index contributed by atoms with van der Waals surface area (Å²) >= 11 is 5.57. The highest BCUT2D eigenvalue weighted by molar-refractivity contribution is 7.80. The van der Waals surface area contributed by atoms with Crippen LogP contribution in [0.3, 0.4) is 0 Å². The van der Waals surface area contributed by atoms with Crippen LogP contribution in [0.25, 0.3) is 0 Å². The molecule has 2 aromatic carbocycles. The molecule has 1 fully saturated rings. The second-order valence-corrected chi connectivity index (χ2v) is 7.31. The molecule has 1 aliphatic rings. The van der Waals surface area contributed by atoms with E-state index in [2.05, 4.69) is 27.2 Å². The standard InChI is InChI=1S/C22H25N3O4S/c1-28-20(26)17-8-9-18(21(27)29-2)19(14-17)23-22(30)25-12-10-24(11-13-25)15-16-6-4-3-5-7-16/h3-9,14H,10-13,15H2,1-2H3,(H,23,30). The molecule has 0 atom stereocenters. The lowest BCUT2D eigenvalue weighted by Gasteiger charge is -2.36. The van der Waals surface area contributed by atoms with E-state index in [1.807, 2.05) is 18.2 Å². The molecule has 3 rings (SSSR count). The van der Waals surface area contributed by atoms with E-state index in [1.54, 1.807) is 6.07 Å². The first-order valence-corrected chi connectivity index (χ1v) is 10.1. The van der Waals surface area contributed by atoms with Gasteiger partial charge in [0.15, 0.2) is 5.11 Å². The normalized spacial score (nSPS) is 14.1. The molecule has 0 spiro atoms. The first kappa shape index (κ1) is 21.7. The number of methoxy groups -OCH3 is 2. The van der Waals surface area contributed by atoms with Crippen LogP contribution in [-0.2, 0) is 16.0 Å². The minimum absolute atomic E-state index is 0.301. The van der Waals surface area contributed by atoms with Crippen LogP contribution < -0.4 is 5.32 Å². The Hall–Kier alpha value is -2.97. The minimum Gasteiger partial charge on any atom is -0.465 e. The lowest BCUT2D eigenvalue weighted by Crippen LogP contribution is -2.49. The molecule has 0 aliphatic carbocycles. The number of rotatable bonds is 5. The second-order valence-electron chi connectivity index (χ2n) is 6.92. The smallest absolute Gasteiger partial charge is 0.339 e. The van der Waals surface area contributed by atoms with E-state index in [4.69, 9.17) is 21.7 Å². The third kappa shape index (κ3) is 5.34. The Labute approximate surface area is 181 Å². The average molecular weight is 428 g/mol. The van der Waals surface area contributed by atoms with E-state index in [-0.39, 0.29) is 0 Å². The van der Waals surface area contributed by atoms with Crippen LogP contribution >= 0.6 is 12.2 Å². The monoisotopic (exact) mass is 427 g/mol. The number of nitrogens with zero attached hydrogens (tertiary/aromatic N) is 2. The SMILES string of the molecule is COC(=O)c1ccc(C(=O)OC)c(NC(=S)N2CCN(Cc3ccccc3)CC2)c1. The predicted molar refractivity (Wildman–Crippen MR) is 119 cm³/mol. The summed E-state index contributed by atoms with van der Waals surface area (Å²) in [5.41, 5.74) is 2.33. The van der Waals surface area contributed by atoms with Gasteiger partial charge in [0, 0.05) is 32.7 Å². The number of carbonyl (C=O) groups is 2. The van der Waals surface area contributed by atoms with Crippen LogP contribution in [-0.4, -0.2) is 67.2 Å². The molecule has 1 saturated heterocycles. The molecule has 158 valence electrons. The Morgan fingerprint density at radius 2 is 1.63 bits per heavy atom. The summed E-state index contributed by atoms with van der Waals surface area (Å²) in [4.78, 5) is 28.4. The molecule has 0 unspecified atom stereocenters. The zero-order chi connectivity index (χ0) is 21.5. The van der Waals surface area contributed by atoms with Gasteiger partial charge in [0.25, 0.3) is 0 Å².